The van der Waals surface area contributed by atoms with Crippen LogP contribution in [0.4, 0.5) is 0 Å². The highest BCUT2D eigenvalue weighted by atomic mass is 35.5. The number of carbonyl (C=O) groups is 5. The molecule has 12 heteroatoms. The predicted molar refractivity (Wildman–Crippen MR) is 213 cm³/mol. The second-order valence-corrected chi connectivity index (χ2v) is 14.6. The fraction of sp³-hybridized carbons (Fsp3) is 0.279. The highest BCUT2D eigenvalue weighted by Crippen LogP contribution is 2.36. The number of carbonyl (C=O) groups excluding carboxylic acids is 5. The van der Waals surface area contributed by atoms with Crippen LogP contribution in [0.25, 0.3) is 11.1 Å². The number of alkyl halides is 1. The van der Waals surface area contributed by atoms with E-state index < -0.39 is 29.7 Å². The average molecular weight is 780 g/mol. The molecule has 2 heterocycles. The molecule has 284 valence electrons. The van der Waals surface area contributed by atoms with E-state index in [0.29, 0.717) is 48.5 Å². The molecule has 1 fully saturated rings. The van der Waals surface area contributed by atoms with Crippen molar-refractivity contribution < 1.29 is 33.4 Å². The summed E-state index contributed by atoms with van der Waals surface area (Å²) in [5.74, 6) is -0.537. The molecule has 4 aromatic carbocycles. The first-order valence-corrected chi connectivity index (χ1v) is 19.7. The van der Waals surface area contributed by atoms with Gasteiger partial charge in [-0.3, -0.25) is 34.2 Å². The van der Waals surface area contributed by atoms with Gasteiger partial charge in [-0.2, -0.15) is 0 Å². The van der Waals surface area contributed by atoms with Crippen molar-refractivity contribution in [2.75, 3.05) is 45.0 Å². The first-order chi connectivity index (χ1) is 26.8. The Bertz CT molecular complexity index is 2060. The van der Waals surface area contributed by atoms with E-state index in [1.807, 2.05) is 48.5 Å². The van der Waals surface area contributed by atoms with Crippen LogP contribution in [0.1, 0.15) is 63.1 Å². The molecule has 0 bridgehead atoms. The number of hydrogen-bond donors (Lipinski definition) is 1. The number of piperidine rings is 1. The number of imide groups is 2. The summed E-state index contributed by atoms with van der Waals surface area (Å²) >= 11 is 7.65. The molecular formula is C43H42ClN3O7S. The minimum Gasteiger partial charge on any atom is -0.492 e. The van der Waals surface area contributed by atoms with Crippen molar-refractivity contribution in [3.05, 3.63) is 131 Å². The van der Waals surface area contributed by atoms with Gasteiger partial charge in [0.15, 0.2) is 0 Å². The molecule has 6 rings (SSSR count). The van der Waals surface area contributed by atoms with Crippen molar-refractivity contribution >= 4 is 64.0 Å². The third-order valence-electron chi connectivity index (χ3n) is 9.47. The van der Waals surface area contributed by atoms with Gasteiger partial charge in [0, 0.05) is 30.0 Å². The number of halogens is 1. The van der Waals surface area contributed by atoms with Crippen LogP contribution in [0.3, 0.4) is 0 Å². The van der Waals surface area contributed by atoms with Gasteiger partial charge < -0.3 is 14.4 Å². The van der Waals surface area contributed by atoms with E-state index in [1.165, 1.54) is 17.3 Å². The molecule has 5 amide bonds. The van der Waals surface area contributed by atoms with Crippen LogP contribution in [-0.2, 0) is 19.1 Å². The zero-order valence-corrected chi connectivity index (χ0v) is 32.1. The Labute approximate surface area is 329 Å². The zero-order chi connectivity index (χ0) is 38.7. The van der Waals surface area contributed by atoms with Gasteiger partial charge in [0.1, 0.15) is 18.4 Å². The maximum absolute atomic E-state index is 13.3. The van der Waals surface area contributed by atoms with Crippen LogP contribution in [0.2, 0.25) is 0 Å². The van der Waals surface area contributed by atoms with Gasteiger partial charge >= 0.3 is 0 Å². The molecule has 2 aliphatic heterocycles. The zero-order valence-electron chi connectivity index (χ0n) is 30.5. The lowest BCUT2D eigenvalue weighted by Gasteiger charge is -2.27. The summed E-state index contributed by atoms with van der Waals surface area (Å²) in [4.78, 5) is 66.3. The average Bonchev–Trinajstić information content (AvgIpc) is 3.46. The lowest BCUT2D eigenvalue weighted by Crippen LogP contribution is -2.54. The number of fused-ring (bicyclic) bond motifs is 1. The summed E-state index contributed by atoms with van der Waals surface area (Å²) in [7, 11) is 1.73. The Morgan fingerprint density at radius 2 is 1.51 bits per heavy atom. The predicted octanol–water partition coefficient (Wildman–Crippen LogP) is 6.71. The quantitative estimate of drug-likeness (QED) is 0.0413. The van der Waals surface area contributed by atoms with Crippen molar-refractivity contribution in [1.82, 2.24) is 15.1 Å². The molecule has 0 aromatic heterocycles. The maximum Gasteiger partial charge on any atom is 0.263 e. The first kappa shape index (κ1) is 39.5. The minimum absolute atomic E-state index is 0.0606. The number of thioether (sulfide) groups is 1. The topological polar surface area (TPSA) is 122 Å². The van der Waals surface area contributed by atoms with Crippen LogP contribution >= 0.6 is 23.4 Å². The highest BCUT2D eigenvalue weighted by Gasteiger charge is 2.45. The summed E-state index contributed by atoms with van der Waals surface area (Å²) in [6, 6.07) is 32.6. The Morgan fingerprint density at radius 1 is 0.818 bits per heavy atom. The molecule has 0 spiro atoms. The normalized spacial score (nSPS) is 15.7. The summed E-state index contributed by atoms with van der Waals surface area (Å²) in [5.41, 5.74) is 6.08. The second-order valence-electron chi connectivity index (χ2n) is 13.0. The van der Waals surface area contributed by atoms with Gasteiger partial charge in [0.25, 0.3) is 11.8 Å². The number of allylic oxidation sites excluding steroid dienone is 1. The number of likely N-dealkylation sites (N-methyl/N-ethyl adjacent to an activating group) is 1. The second kappa shape index (κ2) is 18.9. The fourth-order valence-electron chi connectivity index (χ4n) is 6.68. The summed E-state index contributed by atoms with van der Waals surface area (Å²) in [6.07, 6.45) is 1.08. The summed E-state index contributed by atoms with van der Waals surface area (Å²) in [6.45, 7) is 1.28. The van der Waals surface area contributed by atoms with Gasteiger partial charge in [-0.25, -0.2) is 0 Å². The third kappa shape index (κ3) is 9.54. The van der Waals surface area contributed by atoms with Crippen molar-refractivity contribution in [2.45, 2.75) is 36.6 Å². The van der Waals surface area contributed by atoms with E-state index in [2.05, 4.69) is 41.7 Å². The molecule has 4 aromatic rings. The number of rotatable bonds is 17. The van der Waals surface area contributed by atoms with E-state index in [-0.39, 0.29) is 42.9 Å². The van der Waals surface area contributed by atoms with Gasteiger partial charge in [-0.15, -0.1) is 23.4 Å². The molecule has 2 aliphatic rings. The fourth-order valence-corrected chi connectivity index (χ4v) is 7.80. The molecule has 0 saturated carbocycles. The van der Waals surface area contributed by atoms with Crippen LogP contribution in [0.5, 0.6) is 5.75 Å². The Morgan fingerprint density at radius 3 is 2.20 bits per heavy atom. The van der Waals surface area contributed by atoms with E-state index in [9.17, 15) is 24.0 Å². The monoisotopic (exact) mass is 779 g/mol. The maximum atomic E-state index is 13.3. The largest absolute Gasteiger partial charge is 0.492 e. The first-order valence-electron chi connectivity index (χ1n) is 18.2. The van der Waals surface area contributed by atoms with Gasteiger partial charge in [0.05, 0.1) is 37.3 Å². The highest BCUT2D eigenvalue weighted by molar-refractivity contribution is 7.99. The third-order valence-corrected chi connectivity index (χ3v) is 10.7. The SMILES string of the molecule is CN(CCOc1ccc(C(=C(CCCl)c2ccccc2)c2ccccc2)cc1)C(=O)CCOCCSc1cccc2c1C(=O)N(C1CCC(=O)NC1=O)C2=O. The molecule has 0 radical (unpaired) electrons. The van der Waals surface area contributed by atoms with Crippen LogP contribution in [0.15, 0.2) is 108 Å². The van der Waals surface area contributed by atoms with Crippen molar-refractivity contribution in [1.29, 1.82) is 0 Å². The molecule has 1 N–H and O–H groups in total. The smallest absolute Gasteiger partial charge is 0.263 e. The van der Waals surface area contributed by atoms with E-state index in [1.54, 1.807) is 30.1 Å². The Kier molecular flexibility index (Phi) is 13.5. The number of nitrogens with zero attached hydrogens (tertiary/aromatic N) is 2. The van der Waals surface area contributed by atoms with Crippen molar-refractivity contribution in [3.63, 3.8) is 0 Å². The summed E-state index contributed by atoms with van der Waals surface area (Å²) in [5, 5.41) is 2.21. The molecule has 1 atom stereocenters. The van der Waals surface area contributed by atoms with Gasteiger partial charge in [-0.05, 0) is 64.9 Å². The standard InChI is InChI=1S/C43H42ClN3O7S/c1-46(24-26-54-32-17-15-31(16-18-32)39(30-11-6-3-7-12-30)33(21-23-44)29-9-4-2-5-10-29)38(49)22-25-53-27-28-55-36-14-8-13-34-40(36)43(52)47(42(34)51)35-19-20-37(48)45-41(35)50/h2-18,35H,19-28H2,1H3,(H,45,48,50). The Hall–Kier alpha value is -5.23. The van der Waals surface area contributed by atoms with Gasteiger partial charge in [-0.1, -0.05) is 78.9 Å². The Balaban J connectivity index is 0.947. The molecule has 1 unspecified atom stereocenters. The lowest BCUT2D eigenvalue weighted by molar-refractivity contribution is -0.136. The minimum atomic E-state index is -1.02. The van der Waals surface area contributed by atoms with Crippen LogP contribution in [-0.4, -0.2) is 90.4 Å². The number of nitrogens with one attached hydrogen (secondary N) is 1. The number of amides is 5. The van der Waals surface area contributed by atoms with Gasteiger partial charge in [0.2, 0.25) is 17.7 Å². The molecule has 10 nitrogen and oxygen atoms in total. The lowest BCUT2D eigenvalue weighted by atomic mass is 9.88. The van der Waals surface area contributed by atoms with Crippen LogP contribution in [0, 0.1) is 0 Å². The number of hydrogen-bond acceptors (Lipinski definition) is 8. The van der Waals surface area contributed by atoms with Crippen molar-refractivity contribution in [3.8, 4) is 5.75 Å². The van der Waals surface area contributed by atoms with E-state index in [0.717, 1.165) is 27.2 Å². The molecule has 0 aliphatic carbocycles. The van der Waals surface area contributed by atoms with E-state index >= 15 is 0 Å². The van der Waals surface area contributed by atoms with E-state index in [4.69, 9.17) is 21.1 Å². The molecule has 55 heavy (non-hydrogen) atoms. The summed E-state index contributed by atoms with van der Waals surface area (Å²) < 4.78 is 11.7. The molecule has 1 saturated heterocycles. The number of benzene rings is 4. The van der Waals surface area contributed by atoms with Crippen molar-refractivity contribution in [2.24, 2.45) is 0 Å². The molecular weight excluding hydrogens is 738 g/mol. The number of ether oxygens (including phenoxy) is 2. The van der Waals surface area contributed by atoms with Crippen LogP contribution < -0.4 is 10.1 Å².